The molecule has 1 unspecified atom stereocenters. The Morgan fingerprint density at radius 1 is 1.29 bits per heavy atom. The largest absolute Gasteiger partial charge is 0.495 e. The predicted molar refractivity (Wildman–Crippen MR) is 111 cm³/mol. The average Bonchev–Trinajstić information content (AvgIpc) is 3.30. The molecular weight excluding hydrogens is 374 g/mol. The number of aromatic nitrogens is 1. The van der Waals surface area contributed by atoms with Crippen LogP contribution in [0.5, 0.6) is 5.75 Å². The summed E-state index contributed by atoms with van der Waals surface area (Å²) < 4.78 is 6.44. The van der Waals surface area contributed by atoms with E-state index in [1.54, 1.807) is 24.0 Å². The molecule has 6 nitrogen and oxygen atoms in total. The molecular formula is C21H21N3O3S. The highest BCUT2D eigenvalue weighted by Gasteiger charge is 2.38. The molecule has 0 radical (unpaired) electrons. The number of hydrogen-bond donors (Lipinski definition) is 0. The van der Waals surface area contributed by atoms with E-state index in [9.17, 15) is 9.59 Å². The summed E-state index contributed by atoms with van der Waals surface area (Å²) in [5, 5.41) is 0.644. The zero-order valence-electron chi connectivity index (χ0n) is 16.0. The lowest BCUT2D eigenvalue weighted by Gasteiger charge is -2.21. The first-order valence-corrected chi connectivity index (χ1v) is 9.87. The monoisotopic (exact) mass is 395 g/mol. The number of rotatable bonds is 4. The number of fused-ring (bicyclic) bond motifs is 1. The van der Waals surface area contributed by atoms with Gasteiger partial charge in [0.1, 0.15) is 5.75 Å². The van der Waals surface area contributed by atoms with Crippen molar-refractivity contribution in [3.8, 4) is 5.75 Å². The number of methoxy groups -OCH3 is 1. The lowest BCUT2D eigenvalue weighted by Crippen LogP contribution is -2.34. The van der Waals surface area contributed by atoms with E-state index in [4.69, 9.17) is 4.74 Å². The van der Waals surface area contributed by atoms with Crippen molar-refractivity contribution >= 4 is 44.2 Å². The van der Waals surface area contributed by atoms with Gasteiger partial charge in [0, 0.05) is 20.0 Å². The van der Waals surface area contributed by atoms with Crippen molar-refractivity contribution in [1.82, 2.24) is 4.98 Å². The third kappa shape index (κ3) is 3.22. The van der Waals surface area contributed by atoms with Crippen molar-refractivity contribution in [3.63, 3.8) is 0 Å². The smallest absolute Gasteiger partial charge is 0.233 e. The van der Waals surface area contributed by atoms with Gasteiger partial charge < -0.3 is 9.64 Å². The van der Waals surface area contributed by atoms with Gasteiger partial charge in [0.05, 0.1) is 28.9 Å². The number of anilines is 2. The minimum absolute atomic E-state index is 0.0695. The summed E-state index contributed by atoms with van der Waals surface area (Å²) in [6.07, 6.45) is 0.186. The predicted octanol–water partition coefficient (Wildman–Crippen LogP) is 3.63. The van der Waals surface area contributed by atoms with E-state index >= 15 is 0 Å². The van der Waals surface area contributed by atoms with Gasteiger partial charge in [-0.15, -0.1) is 0 Å². The molecule has 1 aliphatic rings. The van der Waals surface area contributed by atoms with E-state index in [1.165, 1.54) is 11.3 Å². The summed E-state index contributed by atoms with van der Waals surface area (Å²) in [6, 6.07) is 13.5. The first-order valence-electron chi connectivity index (χ1n) is 9.06. The molecule has 1 fully saturated rings. The number of carbonyl (C=O) groups excluding carboxylic acids is 2. The standard InChI is InChI=1S/C21H21N3O3S/c1-13-8-9-17(27-3)16(10-13)24-12-14(11-19(24)25)20(26)23(2)21-22-15-6-4-5-7-18(15)28-21/h4-10,14H,11-12H2,1-3H3. The first kappa shape index (κ1) is 18.4. The van der Waals surface area contributed by atoms with Gasteiger partial charge in [-0.1, -0.05) is 29.5 Å². The van der Waals surface area contributed by atoms with E-state index in [2.05, 4.69) is 4.98 Å². The fourth-order valence-corrected chi connectivity index (χ4v) is 4.42. The molecule has 0 N–H and O–H groups in total. The van der Waals surface area contributed by atoms with Gasteiger partial charge in [-0.3, -0.25) is 14.5 Å². The fraction of sp³-hybridized carbons (Fsp3) is 0.286. The minimum Gasteiger partial charge on any atom is -0.495 e. The summed E-state index contributed by atoms with van der Waals surface area (Å²) in [6.45, 7) is 2.31. The zero-order chi connectivity index (χ0) is 19.8. The third-order valence-corrected chi connectivity index (χ3v) is 6.11. The Kier molecular flexibility index (Phi) is 4.77. The number of amides is 2. The third-order valence-electron chi connectivity index (χ3n) is 5.00. The quantitative estimate of drug-likeness (QED) is 0.677. The zero-order valence-corrected chi connectivity index (χ0v) is 16.8. The second-order valence-corrected chi connectivity index (χ2v) is 7.95. The van der Waals surface area contributed by atoms with Gasteiger partial charge in [0.2, 0.25) is 11.8 Å². The Hall–Kier alpha value is -2.93. The van der Waals surface area contributed by atoms with Crippen molar-refractivity contribution in [1.29, 1.82) is 0 Å². The molecule has 4 rings (SSSR count). The highest BCUT2D eigenvalue weighted by atomic mass is 32.1. The molecule has 0 bridgehead atoms. The summed E-state index contributed by atoms with van der Waals surface area (Å²) in [5.41, 5.74) is 2.62. The van der Waals surface area contributed by atoms with Crippen LogP contribution in [0.15, 0.2) is 42.5 Å². The van der Waals surface area contributed by atoms with Crippen LogP contribution in [0.4, 0.5) is 10.8 Å². The van der Waals surface area contributed by atoms with Gasteiger partial charge >= 0.3 is 0 Å². The molecule has 2 heterocycles. The molecule has 0 spiro atoms. The molecule has 144 valence electrons. The molecule has 1 atom stereocenters. The number of hydrogen-bond acceptors (Lipinski definition) is 5. The van der Waals surface area contributed by atoms with Crippen molar-refractivity contribution in [2.24, 2.45) is 5.92 Å². The Labute approximate surface area is 167 Å². The van der Waals surface area contributed by atoms with Crippen LogP contribution < -0.4 is 14.5 Å². The number of benzene rings is 2. The number of thiazole rings is 1. The molecule has 1 saturated heterocycles. The maximum absolute atomic E-state index is 13.0. The van der Waals surface area contributed by atoms with Gasteiger partial charge in [-0.25, -0.2) is 4.98 Å². The summed E-state index contributed by atoms with van der Waals surface area (Å²) in [7, 11) is 3.30. The van der Waals surface area contributed by atoms with E-state index < -0.39 is 5.92 Å². The van der Waals surface area contributed by atoms with Crippen LogP contribution in [0.25, 0.3) is 10.2 Å². The van der Waals surface area contributed by atoms with Crippen molar-refractivity contribution in [2.45, 2.75) is 13.3 Å². The highest BCUT2D eigenvalue weighted by Crippen LogP contribution is 2.35. The maximum atomic E-state index is 13.0. The van der Waals surface area contributed by atoms with Gasteiger partial charge in [0.15, 0.2) is 5.13 Å². The normalized spacial score (nSPS) is 16.6. The Bertz CT molecular complexity index is 1030. The molecule has 28 heavy (non-hydrogen) atoms. The molecule has 2 aromatic carbocycles. The Balaban J connectivity index is 1.56. The SMILES string of the molecule is COc1ccc(C)cc1N1CC(C(=O)N(C)c2nc3ccccc3s2)CC1=O. The van der Waals surface area contributed by atoms with Crippen LogP contribution in [0, 0.1) is 12.8 Å². The summed E-state index contributed by atoms with van der Waals surface area (Å²) in [5.74, 6) is 0.0581. The maximum Gasteiger partial charge on any atom is 0.233 e. The second kappa shape index (κ2) is 7.24. The van der Waals surface area contributed by atoms with Crippen LogP contribution in [-0.4, -0.2) is 37.5 Å². The molecule has 1 aliphatic heterocycles. The molecule has 0 saturated carbocycles. The Morgan fingerprint density at radius 3 is 2.82 bits per heavy atom. The van der Waals surface area contributed by atoms with Crippen molar-refractivity contribution in [2.75, 3.05) is 30.5 Å². The topological polar surface area (TPSA) is 62.7 Å². The lowest BCUT2D eigenvalue weighted by molar-refractivity contribution is -0.124. The van der Waals surface area contributed by atoms with Crippen LogP contribution in [0.1, 0.15) is 12.0 Å². The number of para-hydroxylation sites is 1. The van der Waals surface area contributed by atoms with E-state index in [-0.39, 0.29) is 18.2 Å². The molecule has 1 aromatic heterocycles. The number of ether oxygens (including phenoxy) is 1. The molecule has 2 amide bonds. The molecule has 7 heteroatoms. The van der Waals surface area contributed by atoms with E-state index in [1.807, 2.05) is 49.4 Å². The van der Waals surface area contributed by atoms with Crippen molar-refractivity contribution < 1.29 is 14.3 Å². The first-order chi connectivity index (χ1) is 13.5. The van der Waals surface area contributed by atoms with Gasteiger partial charge in [-0.2, -0.15) is 0 Å². The summed E-state index contributed by atoms with van der Waals surface area (Å²) in [4.78, 5) is 33.5. The molecule has 3 aromatic rings. The minimum atomic E-state index is -0.408. The number of carbonyl (C=O) groups is 2. The van der Waals surface area contributed by atoms with Crippen LogP contribution in [0.2, 0.25) is 0 Å². The van der Waals surface area contributed by atoms with E-state index in [0.29, 0.717) is 23.1 Å². The lowest BCUT2D eigenvalue weighted by atomic mass is 10.1. The van der Waals surface area contributed by atoms with Crippen LogP contribution >= 0.6 is 11.3 Å². The second-order valence-electron chi connectivity index (χ2n) is 6.94. The highest BCUT2D eigenvalue weighted by molar-refractivity contribution is 7.22. The Morgan fingerprint density at radius 2 is 2.07 bits per heavy atom. The summed E-state index contributed by atoms with van der Waals surface area (Å²) >= 11 is 1.47. The van der Waals surface area contributed by atoms with Crippen LogP contribution in [-0.2, 0) is 9.59 Å². The molecule has 0 aliphatic carbocycles. The van der Waals surface area contributed by atoms with Gasteiger partial charge in [0.25, 0.3) is 0 Å². The fourth-order valence-electron chi connectivity index (χ4n) is 3.49. The van der Waals surface area contributed by atoms with E-state index in [0.717, 1.165) is 15.8 Å². The average molecular weight is 395 g/mol. The van der Waals surface area contributed by atoms with Gasteiger partial charge in [-0.05, 0) is 36.8 Å². The van der Waals surface area contributed by atoms with Crippen molar-refractivity contribution in [3.05, 3.63) is 48.0 Å². The number of aryl methyl sites for hydroxylation is 1. The number of nitrogens with zero attached hydrogens (tertiary/aromatic N) is 3. The van der Waals surface area contributed by atoms with Crippen LogP contribution in [0.3, 0.4) is 0 Å².